The van der Waals surface area contributed by atoms with Crippen LogP contribution < -0.4 is 5.32 Å². The van der Waals surface area contributed by atoms with Gasteiger partial charge < -0.3 is 4.74 Å². The van der Waals surface area contributed by atoms with E-state index in [0.717, 1.165) is 50.0 Å². The largest absolute Gasteiger partial charge is 0.416 e. The van der Waals surface area contributed by atoms with Gasteiger partial charge in [0.15, 0.2) is 0 Å². The summed E-state index contributed by atoms with van der Waals surface area (Å²) in [7, 11) is 0. The van der Waals surface area contributed by atoms with Crippen molar-refractivity contribution in [2.45, 2.75) is 32.5 Å². The van der Waals surface area contributed by atoms with E-state index in [1.54, 1.807) is 19.1 Å². The third-order valence-electron chi connectivity index (χ3n) is 5.47. The number of rotatable bonds is 6. The predicted molar refractivity (Wildman–Crippen MR) is 123 cm³/mol. The quantitative estimate of drug-likeness (QED) is 0.514. The highest BCUT2D eigenvalue weighted by Gasteiger charge is 2.30. The average Bonchev–Trinajstić information content (AvgIpc) is 3.40. The molecule has 3 heterocycles. The summed E-state index contributed by atoms with van der Waals surface area (Å²) < 4.78 is 48.9. The number of nitrogens with zero attached hydrogens (tertiary/aromatic N) is 3. The zero-order valence-corrected chi connectivity index (χ0v) is 19.7. The molecule has 1 aliphatic heterocycles. The average molecular weight is 497 g/mol. The summed E-state index contributed by atoms with van der Waals surface area (Å²) in [5.74, 6) is 0.312. The monoisotopic (exact) mass is 496 g/mol. The molecule has 1 atom stereocenters. The Bertz CT molecular complexity index is 1120. The normalized spacial score (nSPS) is 16.0. The molecule has 6 nitrogen and oxygen atoms in total. The smallest absolute Gasteiger partial charge is 0.379 e. The van der Waals surface area contributed by atoms with Crippen LogP contribution in [0.4, 0.5) is 18.3 Å². The van der Waals surface area contributed by atoms with E-state index < -0.39 is 11.7 Å². The number of amides is 1. The minimum atomic E-state index is -4.42. The Labute approximate surface area is 197 Å². The van der Waals surface area contributed by atoms with Crippen LogP contribution in [-0.4, -0.2) is 52.5 Å². The fourth-order valence-electron chi connectivity index (χ4n) is 3.66. The van der Waals surface area contributed by atoms with E-state index in [0.29, 0.717) is 38.3 Å². The molecule has 1 saturated heterocycles. The summed E-state index contributed by atoms with van der Waals surface area (Å²) in [4.78, 5) is 20.9. The number of morpholine rings is 1. The van der Waals surface area contributed by atoms with Crippen LogP contribution in [0.1, 0.15) is 33.5 Å². The number of halogens is 3. The first-order valence-corrected chi connectivity index (χ1v) is 12.0. The first kappa shape index (κ1) is 23.8. The highest BCUT2D eigenvalue weighted by molar-refractivity contribution is 7.15. The number of aryl methyl sites for hydroxylation is 1. The van der Waals surface area contributed by atoms with Crippen LogP contribution >= 0.6 is 22.9 Å². The number of hydrogen-bond donors (Lipinski definition) is 1. The maximum absolute atomic E-state index is 13.0. The minimum Gasteiger partial charge on any atom is -0.379 e. The Morgan fingerprint density at radius 1 is 1.27 bits per heavy atom. The Morgan fingerprint density at radius 2 is 2.03 bits per heavy atom. The molecular formula is C22H23F3N4O2S2. The zero-order valence-electron chi connectivity index (χ0n) is 18.1. The fraction of sp³-hybridized carbons (Fsp3) is 0.409. The molecule has 1 aliphatic rings. The molecule has 33 heavy (non-hydrogen) atoms. The predicted octanol–water partition coefficient (Wildman–Crippen LogP) is 5.11. The van der Waals surface area contributed by atoms with Gasteiger partial charge >= 0.3 is 6.18 Å². The number of aromatic nitrogens is 2. The van der Waals surface area contributed by atoms with Crippen LogP contribution in [0.5, 0.6) is 0 Å². The van der Waals surface area contributed by atoms with Gasteiger partial charge in [-0.3, -0.25) is 15.0 Å². The lowest BCUT2D eigenvalue weighted by molar-refractivity contribution is -0.137. The maximum Gasteiger partial charge on any atom is 0.416 e. The topological polar surface area (TPSA) is 67.4 Å². The third kappa shape index (κ3) is 5.78. The van der Waals surface area contributed by atoms with Gasteiger partial charge in [0.2, 0.25) is 5.13 Å². The first-order chi connectivity index (χ1) is 15.7. The van der Waals surface area contributed by atoms with Crippen molar-refractivity contribution >= 4 is 33.9 Å². The first-order valence-electron chi connectivity index (χ1n) is 10.4. The van der Waals surface area contributed by atoms with E-state index in [1.165, 1.54) is 17.4 Å². The summed E-state index contributed by atoms with van der Waals surface area (Å²) in [6.07, 6.45) is -3.75. The Kier molecular flexibility index (Phi) is 7.13. The highest BCUT2D eigenvalue weighted by atomic mass is 32.1. The van der Waals surface area contributed by atoms with Crippen molar-refractivity contribution in [1.82, 2.24) is 14.3 Å². The SMILES string of the molecule is Cc1sc(-c2cccc(C(F)(F)F)c2)cc1C(=O)Nc1nc(CC(C)N2CCOCC2)ns1. The van der Waals surface area contributed by atoms with Gasteiger partial charge in [0, 0.05) is 46.8 Å². The van der Waals surface area contributed by atoms with Crippen molar-refractivity contribution in [2.75, 3.05) is 31.6 Å². The Morgan fingerprint density at radius 3 is 2.76 bits per heavy atom. The van der Waals surface area contributed by atoms with Gasteiger partial charge in [0.05, 0.1) is 24.3 Å². The third-order valence-corrected chi connectivity index (χ3v) is 7.24. The molecule has 1 N–H and O–H groups in total. The van der Waals surface area contributed by atoms with Crippen molar-refractivity contribution in [3.05, 3.63) is 52.2 Å². The number of thiophene rings is 1. The van der Waals surface area contributed by atoms with Crippen molar-refractivity contribution < 1.29 is 22.7 Å². The summed E-state index contributed by atoms with van der Waals surface area (Å²) in [6, 6.07) is 6.99. The minimum absolute atomic E-state index is 0.265. The Balaban J connectivity index is 1.43. The van der Waals surface area contributed by atoms with Gasteiger partial charge in [-0.15, -0.1) is 11.3 Å². The molecule has 0 aliphatic carbocycles. The van der Waals surface area contributed by atoms with E-state index in [4.69, 9.17) is 4.74 Å². The molecule has 11 heteroatoms. The van der Waals surface area contributed by atoms with Gasteiger partial charge in [-0.05, 0) is 37.6 Å². The molecule has 0 bridgehead atoms. The van der Waals surface area contributed by atoms with E-state index in [2.05, 4.69) is 26.5 Å². The van der Waals surface area contributed by atoms with E-state index in [-0.39, 0.29) is 11.9 Å². The zero-order chi connectivity index (χ0) is 23.6. The molecule has 3 aromatic rings. The van der Waals surface area contributed by atoms with E-state index >= 15 is 0 Å². The fourth-order valence-corrected chi connectivity index (χ4v) is 5.27. The molecule has 0 radical (unpaired) electrons. The Hall–Kier alpha value is -2.34. The second-order valence-electron chi connectivity index (χ2n) is 7.83. The number of nitrogens with one attached hydrogen (secondary N) is 1. The molecular weight excluding hydrogens is 473 g/mol. The van der Waals surface area contributed by atoms with Gasteiger partial charge in [-0.1, -0.05) is 12.1 Å². The number of hydrogen-bond acceptors (Lipinski definition) is 7. The van der Waals surface area contributed by atoms with Crippen LogP contribution in [0.15, 0.2) is 30.3 Å². The molecule has 0 spiro atoms. The number of carbonyl (C=O) groups excluding carboxylic acids is 1. The second-order valence-corrected chi connectivity index (χ2v) is 9.84. The molecule has 2 aromatic heterocycles. The lowest BCUT2D eigenvalue weighted by Crippen LogP contribution is -2.43. The number of ether oxygens (including phenoxy) is 1. The highest BCUT2D eigenvalue weighted by Crippen LogP contribution is 2.36. The number of carbonyl (C=O) groups is 1. The lowest BCUT2D eigenvalue weighted by Gasteiger charge is -2.31. The lowest BCUT2D eigenvalue weighted by atomic mass is 10.1. The van der Waals surface area contributed by atoms with Crippen LogP contribution in [0.25, 0.3) is 10.4 Å². The van der Waals surface area contributed by atoms with Crippen molar-refractivity contribution in [2.24, 2.45) is 0 Å². The second kappa shape index (κ2) is 9.88. The summed E-state index contributed by atoms with van der Waals surface area (Å²) in [5.41, 5.74) is 0.114. The summed E-state index contributed by atoms with van der Waals surface area (Å²) >= 11 is 2.40. The standard InChI is InChI=1S/C22H23F3N4O2S2/c1-13(29-6-8-31-9-7-29)10-19-26-21(33-28-19)27-20(30)17-12-18(32-14(17)2)15-4-3-5-16(11-15)22(23,24)25/h3-5,11-13H,6-10H2,1-2H3,(H,26,27,28,30). The molecule has 0 saturated carbocycles. The number of alkyl halides is 3. The molecule has 1 unspecified atom stereocenters. The van der Waals surface area contributed by atoms with Crippen molar-refractivity contribution in [3.63, 3.8) is 0 Å². The van der Waals surface area contributed by atoms with Gasteiger partial charge in [-0.25, -0.2) is 4.98 Å². The molecule has 176 valence electrons. The number of anilines is 1. The van der Waals surface area contributed by atoms with Crippen LogP contribution in [0.2, 0.25) is 0 Å². The molecule has 1 fully saturated rings. The van der Waals surface area contributed by atoms with Crippen LogP contribution in [0.3, 0.4) is 0 Å². The van der Waals surface area contributed by atoms with Gasteiger partial charge in [0.25, 0.3) is 5.91 Å². The molecule has 1 aromatic carbocycles. The van der Waals surface area contributed by atoms with Crippen molar-refractivity contribution in [3.8, 4) is 10.4 Å². The van der Waals surface area contributed by atoms with Crippen molar-refractivity contribution in [1.29, 1.82) is 0 Å². The van der Waals surface area contributed by atoms with Gasteiger partial charge in [0.1, 0.15) is 5.82 Å². The molecule has 1 amide bonds. The molecule has 4 rings (SSSR count). The van der Waals surface area contributed by atoms with E-state index in [9.17, 15) is 18.0 Å². The van der Waals surface area contributed by atoms with Crippen LogP contribution in [-0.2, 0) is 17.3 Å². The summed E-state index contributed by atoms with van der Waals surface area (Å²) in [6.45, 7) is 7.08. The van der Waals surface area contributed by atoms with Gasteiger partial charge in [-0.2, -0.15) is 17.5 Å². The van der Waals surface area contributed by atoms with E-state index in [1.807, 2.05) is 0 Å². The summed E-state index contributed by atoms with van der Waals surface area (Å²) in [5, 5.41) is 3.17. The number of benzene rings is 1. The van der Waals surface area contributed by atoms with Crippen LogP contribution in [0, 0.1) is 6.92 Å². The maximum atomic E-state index is 13.0.